The maximum atomic E-state index is 11.7. The van der Waals surface area contributed by atoms with Crippen molar-refractivity contribution in [2.45, 2.75) is 38.1 Å². The third-order valence-electron chi connectivity index (χ3n) is 3.11. The summed E-state index contributed by atoms with van der Waals surface area (Å²) in [6.45, 7) is 1.94. The molecule has 1 atom stereocenters. The summed E-state index contributed by atoms with van der Waals surface area (Å²) in [4.78, 5) is 22.9. The number of benzene rings is 1. The average Bonchev–Trinajstić information content (AvgIpc) is 3.11. The van der Waals surface area contributed by atoms with Gasteiger partial charge < -0.3 is 10.4 Å². The number of hydrogen-bond acceptors (Lipinski definition) is 2. The molecule has 96 valence electrons. The zero-order chi connectivity index (χ0) is 13.1. The number of rotatable bonds is 5. The number of amides is 1. The minimum absolute atomic E-state index is 0.00882. The third-order valence-corrected chi connectivity index (χ3v) is 3.11. The van der Waals surface area contributed by atoms with Crippen LogP contribution in [0.25, 0.3) is 0 Å². The lowest BCUT2D eigenvalue weighted by molar-refractivity contribution is -0.140. The van der Waals surface area contributed by atoms with Crippen molar-refractivity contribution in [2.24, 2.45) is 0 Å². The molecule has 1 amide bonds. The van der Waals surface area contributed by atoms with Crippen LogP contribution in [0.2, 0.25) is 0 Å². The summed E-state index contributed by atoms with van der Waals surface area (Å²) < 4.78 is 0. The van der Waals surface area contributed by atoms with Crippen molar-refractivity contribution in [3.63, 3.8) is 0 Å². The molecule has 0 spiro atoms. The molecule has 18 heavy (non-hydrogen) atoms. The first kappa shape index (κ1) is 12.6. The van der Waals surface area contributed by atoms with E-state index in [9.17, 15) is 14.7 Å². The van der Waals surface area contributed by atoms with E-state index in [1.54, 1.807) is 12.1 Å². The SMILES string of the molecule is Cc1ccc(C(CC(=O)NC2CC2)C(=O)O)cc1. The van der Waals surface area contributed by atoms with Gasteiger partial charge in [-0.25, -0.2) is 0 Å². The highest BCUT2D eigenvalue weighted by molar-refractivity contribution is 5.86. The summed E-state index contributed by atoms with van der Waals surface area (Å²) in [6.07, 6.45) is 2.02. The zero-order valence-corrected chi connectivity index (χ0v) is 10.3. The van der Waals surface area contributed by atoms with Gasteiger partial charge in [-0.05, 0) is 25.3 Å². The van der Waals surface area contributed by atoms with Crippen molar-refractivity contribution in [1.82, 2.24) is 5.32 Å². The number of aliphatic carboxylic acids is 1. The van der Waals surface area contributed by atoms with E-state index < -0.39 is 11.9 Å². The van der Waals surface area contributed by atoms with Crippen LogP contribution in [0.4, 0.5) is 0 Å². The molecule has 4 nitrogen and oxygen atoms in total. The molecule has 1 saturated carbocycles. The van der Waals surface area contributed by atoms with Crippen LogP contribution in [0, 0.1) is 6.92 Å². The topological polar surface area (TPSA) is 66.4 Å². The van der Waals surface area contributed by atoms with Crippen LogP contribution >= 0.6 is 0 Å². The second kappa shape index (κ2) is 5.21. The molecule has 2 N–H and O–H groups in total. The van der Waals surface area contributed by atoms with Gasteiger partial charge in [0.2, 0.25) is 5.91 Å². The van der Waals surface area contributed by atoms with E-state index in [2.05, 4.69) is 5.32 Å². The fourth-order valence-electron chi connectivity index (χ4n) is 1.85. The molecule has 0 saturated heterocycles. The van der Waals surface area contributed by atoms with Crippen LogP contribution in [-0.4, -0.2) is 23.0 Å². The average molecular weight is 247 g/mol. The second-order valence-corrected chi connectivity index (χ2v) is 4.85. The predicted molar refractivity (Wildman–Crippen MR) is 67.3 cm³/mol. The van der Waals surface area contributed by atoms with E-state index in [0.29, 0.717) is 5.56 Å². The summed E-state index contributed by atoms with van der Waals surface area (Å²) in [5, 5.41) is 12.0. The molecule has 1 aliphatic rings. The fourth-order valence-corrected chi connectivity index (χ4v) is 1.85. The highest BCUT2D eigenvalue weighted by Gasteiger charge is 2.27. The summed E-state index contributed by atoms with van der Waals surface area (Å²) >= 11 is 0. The Hall–Kier alpha value is -1.84. The van der Waals surface area contributed by atoms with E-state index in [4.69, 9.17) is 0 Å². The van der Waals surface area contributed by atoms with Gasteiger partial charge in [-0.3, -0.25) is 9.59 Å². The van der Waals surface area contributed by atoms with Crippen molar-refractivity contribution in [3.05, 3.63) is 35.4 Å². The van der Waals surface area contributed by atoms with Crippen LogP contribution in [-0.2, 0) is 9.59 Å². The lowest BCUT2D eigenvalue weighted by Crippen LogP contribution is -2.29. The highest BCUT2D eigenvalue weighted by Crippen LogP contribution is 2.23. The Morgan fingerprint density at radius 2 is 1.94 bits per heavy atom. The Morgan fingerprint density at radius 3 is 2.44 bits per heavy atom. The van der Waals surface area contributed by atoms with Gasteiger partial charge in [0.25, 0.3) is 0 Å². The highest BCUT2D eigenvalue weighted by atomic mass is 16.4. The van der Waals surface area contributed by atoms with Crippen molar-refractivity contribution in [3.8, 4) is 0 Å². The standard InChI is InChI=1S/C14H17NO3/c1-9-2-4-10(5-3-9)12(14(17)18)8-13(16)15-11-6-7-11/h2-5,11-12H,6-8H2,1H3,(H,15,16)(H,17,18). The molecule has 2 rings (SSSR count). The van der Waals surface area contributed by atoms with Crippen LogP contribution in [0.3, 0.4) is 0 Å². The Morgan fingerprint density at radius 1 is 1.33 bits per heavy atom. The third kappa shape index (κ3) is 3.32. The number of carbonyl (C=O) groups is 2. The van der Waals surface area contributed by atoms with E-state index in [-0.39, 0.29) is 18.4 Å². The lowest BCUT2D eigenvalue weighted by atomic mass is 9.95. The molecule has 4 heteroatoms. The number of hydrogen-bond donors (Lipinski definition) is 2. The van der Waals surface area contributed by atoms with Gasteiger partial charge in [0, 0.05) is 12.5 Å². The Kier molecular flexibility index (Phi) is 3.65. The van der Waals surface area contributed by atoms with Crippen molar-refractivity contribution in [1.29, 1.82) is 0 Å². The minimum atomic E-state index is -0.954. The molecule has 0 aliphatic heterocycles. The molecule has 0 aromatic heterocycles. The van der Waals surface area contributed by atoms with Crippen LogP contribution < -0.4 is 5.32 Å². The summed E-state index contributed by atoms with van der Waals surface area (Å²) in [5.74, 6) is -1.89. The second-order valence-electron chi connectivity index (χ2n) is 4.85. The van der Waals surface area contributed by atoms with Gasteiger partial charge >= 0.3 is 5.97 Å². The predicted octanol–water partition coefficient (Wildman–Crippen LogP) is 1.83. The molecule has 1 unspecified atom stereocenters. The Balaban J connectivity index is 2.04. The normalized spacial score (nSPS) is 16.1. The van der Waals surface area contributed by atoms with Crippen molar-refractivity contribution < 1.29 is 14.7 Å². The van der Waals surface area contributed by atoms with Gasteiger partial charge in [-0.1, -0.05) is 29.8 Å². The number of carboxylic acid groups (broad SMARTS) is 1. The molecule has 1 aromatic carbocycles. The van der Waals surface area contributed by atoms with Crippen molar-refractivity contribution in [2.75, 3.05) is 0 Å². The largest absolute Gasteiger partial charge is 0.481 e. The summed E-state index contributed by atoms with van der Waals surface area (Å²) in [6, 6.07) is 7.55. The van der Waals surface area contributed by atoms with Crippen LogP contribution in [0.15, 0.2) is 24.3 Å². The van der Waals surface area contributed by atoms with Gasteiger partial charge in [0.05, 0.1) is 5.92 Å². The molecular formula is C14H17NO3. The summed E-state index contributed by atoms with van der Waals surface area (Å²) in [5.41, 5.74) is 1.75. The quantitative estimate of drug-likeness (QED) is 0.834. The molecule has 1 fully saturated rings. The first-order valence-electron chi connectivity index (χ1n) is 6.15. The molecule has 0 bridgehead atoms. The fraction of sp³-hybridized carbons (Fsp3) is 0.429. The van der Waals surface area contributed by atoms with Gasteiger partial charge in [0.15, 0.2) is 0 Å². The van der Waals surface area contributed by atoms with E-state index >= 15 is 0 Å². The molecule has 0 radical (unpaired) electrons. The molecule has 0 heterocycles. The number of nitrogens with one attached hydrogen (secondary N) is 1. The Labute approximate surface area is 106 Å². The monoisotopic (exact) mass is 247 g/mol. The van der Waals surface area contributed by atoms with Gasteiger partial charge in [-0.2, -0.15) is 0 Å². The van der Waals surface area contributed by atoms with Crippen LogP contribution in [0.1, 0.15) is 36.3 Å². The zero-order valence-electron chi connectivity index (χ0n) is 10.3. The maximum Gasteiger partial charge on any atom is 0.311 e. The smallest absolute Gasteiger partial charge is 0.311 e. The molecule has 1 aromatic rings. The van der Waals surface area contributed by atoms with Gasteiger partial charge in [0.1, 0.15) is 0 Å². The van der Waals surface area contributed by atoms with Gasteiger partial charge in [-0.15, -0.1) is 0 Å². The molecule has 1 aliphatic carbocycles. The van der Waals surface area contributed by atoms with Crippen molar-refractivity contribution >= 4 is 11.9 Å². The first-order valence-corrected chi connectivity index (χ1v) is 6.15. The maximum absolute atomic E-state index is 11.7. The number of carbonyl (C=O) groups excluding carboxylic acids is 1. The summed E-state index contributed by atoms with van der Waals surface area (Å²) in [7, 11) is 0. The number of aryl methyl sites for hydroxylation is 1. The van der Waals surface area contributed by atoms with E-state index in [1.807, 2.05) is 19.1 Å². The lowest BCUT2D eigenvalue weighted by Gasteiger charge is -2.13. The van der Waals surface area contributed by atoms with E-state index in [0.717, 1.165) is 18.4 Å². The van der Waals surface area contributed by atoms with Crippen LogP contribution in [0.5, 0.6) is 0 Å². The number of carboxylic acids is 1. The molecular weight excluding hydrogens is 230 g/mol. The first-order chi connectivity index (χ1) is 8.56. The minimum Gasteiger partial charge on any atom is -0.481 e. The Bertz CT molecular complexity index is 449. The van der Waals surface area contributed by atoms with E-state index in [1.165, 1.54) is 0 Å².